The zero-order valence-electron chi connectivity index (χ0n) is 8.59. The van der Waals surface area contributed by atoms with Crippen molar-refractivity contribution < 1.29 is 0 Å². The van der Waals surface area contributed by atoms with Crippen LogP contribution in [0.1, 0.15) is 0 Å². The standard InChI is InChI=1S/C8H8ClN5S2/c1-14-4-10-13-8(14)16-6-3-5(9)11-7(12-6)15-2/h3-4H,1-2H3. The summed E-state index contributed by atoms with van der Waals surface area (Å²) < 4.78 is 1.82. The smallest absolute Gasteiger partial charge is 0.197 e. The molecule has 0 N–H and O–H groups in total. The Morgan fingerprint density at radius 3 is 2.81 bits per heavy atom. The largest absolute Gasteiger partial charge is 0.311 e. The van der Waals surface area contributed by atoms with Crippen molar-refractivity contribution in [2.75, 3.05) is 6.26 Å². The topological polar surface area (TPSA) is 56.5 Å². The first kappa shape index (κ1) is 11.7. The molecule has 0 atom stereocenters. The molecule has 16 heavy (non-hydrogen) atoms. The minimum absolute atomic E-state index is 0.434. The Morgan fingerprint density at radius 2 is 2.19 bits per heavy atom. The van der Waals surface area contributed by atoms with Crippen LogP contribution in [0.5, 0.6) is 0 Å². The molecule has 0 aliphatic rings. The van der Waals surface area contributed by atoms with Crippen molar-refractivity contribution in [2.45, 2.75) is 15.3 Å². The van der Waals surface area contributed by atoms with Crippen molar-refractivity contribution in [3.63, 3.8) is 0 Å². The fourth-order valence-corrected chi connectivity index (χ4v) is 2.48. The Hall–Kier alpha value is -0.790. The van der Waals surface area contributed by atoms with Crippen molar-refractivity contribution in [1.82, 2.24) is 24.7 Å². The second-order valence-electron chi connectivity index (χ2n) is 2.84. The summed E-state index contributed by atoms with van der Waals surface area (Å²) in [5.74, 6) is 0. The maximum absolute atomic E-state index is 5.89. The Kier molecular flexibility index (Phi) is 3.67. The number of thioether (sulfide) groups is 1. The maximum Gasteiger partial charge on any atom is 0.197 e. The first-order chi connectivity index (χ1) is 7.69. The van der Waals surface area contributed by atoms with E-state index in [1.165, 1.54) is 23.5 Å². The molecule has 2 aromatic heterocycles. The summed E-state index contributed by atoms with van der Waals surface area (Å²) >= 11 is 8.74. The van der Waals surface area contributed by atoms with Gasteiger partial charge in [-0.05, 0) is 18.0 Å². The molecule has 0 saturated heterocycles. The van der Waals surface area contributed by atoms with Gasteiger partial charge in [0.1, 0.15) is 16.5 Å². The van der Waals surface area contributed by atoms with Crippen LogP contribution < -0.4 is 0 Å². The Balaban J connectivity index is 2.28. The molecule has 2 heterocycles. The van der Waals surface area contributed by atoms with Gasteiger partial charge in [-0.2, -0.15) is 0 Å². The molecule has 8 heteroatoms. The molecule has 0 spiro atoms. The lowest BCUT2D eigenvalue weighted by Gasteiger charge is -2.02. The number of halogens is 1. The van der Waals surface area contributed by atoms with Gasteiger partial charge in [0.05, 0.1) is 0 Å². The average molecular weight is 274 g/mol. The van der Waals surface area contributed by atoms with Gasteiger partial charge < -0.3 is 4.57 Å². The lowest BCUT2D eigenvalue weighted by Crippen LogP contribution is -1.92. The molecule has 0 aliphatic carbocycles. The molecule has 0 saturated carbocycles. The summed E-state index contributed by atoms with van der Waals surface area (Å²) in [7, 11) is 1.88. The quantitative estimate of drug-likeness (QED) is 0.485. The van der Waals surface area contributed by atoms with Crippen molar-refractivity contribution in [3.8, 4) is 0 Å². The number of aryl methyl sites for hydroxylation is 1. The maximum atomic E-state index is 5.89. The van der Waals surface area contributed by atoms with Gasteiger partial charge in [0.25, 0.3) is 0 Å². The van der Waals surface area contributed by atoms with Crippen molar-refractivity contribution >= 4 is 35.1 Å². The fraction of sp³-hybridized carbons (Fsp3) is 0.250. The minimum atomic E-state index is 0.434. The van der Waals surface area contributed by atoms with E-state index in [-0.39, 0.29) is 0 Å². The van der Waals surface area contributed by atoms with E-state index >= 15 is 0 Å². The van der Waals surface area contributed by atoms with Gasteiger partial charge in [-0.15, -0.1) is 10.2 Å². The molecule has 2 rings (SSSR count). The molecule has 0 aliphatic heterocycles. The van der Waals surface area contributed by atoms with Crippen LogP contribution in [0, 0.1) is 0 Å². The van der Waals surface area contributed by atoms with Crippen LogP contribution in [0.3, 0.4) is 0 Å². The highest BCUT2D eigenvalue weighted by Crippen LogP contribution is 2.26. The van der Waals surface area contributed by atoms with Gasteiger partial charge in [-0.25, -0.2) is 9.97 Å². The van der Waals surface area contributed by atoms with E-state index in [9.17, 15) is 0 Å². The highest BCUT2D eigenvalue weighted by molar-refractivity contribution is 7.99. The van der Waals surface area contributed by atoms with E-state index in [1.54, 1.807) is 12.4 Å². The second kappa shape index (κ2) is 5.03. The summed E-state index contributed by atoms with van der Waals surface area (Å²) in [5.41, 5.74) is 0. The van der Waals surface area contributed by atoms with Gasteiger partial charge in [0.2, 0.25) is 0 Å². The Bertz CT molecular complexity index is 501. The highest BCUT2D eigenvalue weighted by Gasteiger charge is 2.08. The van der Waals surface area contributed by atoms with Crippen LogP contribution in [0.4, 0.5) is 0 Å². The van der Waals surface area contributed by atoms with Crippen LogP contribution in [-0.2, 0) is 7.05 Å². The van der Waals surface area contributed by atoms with E-state index in [2.05, 4.69) is 20.2 Å². The molecule has 0 unspecified atom stereocenters. The minimum Gasteiger partial charge on any atom is -0.311 e. The Morgan fingerprint density at radius 1 is 1.38 bits per heavy atom. The molecular weight excluding hydrogens is 266 g/mol. The van der Waals surface area contributed by atoms with Gasteiger partial charge in [-0.1, -0.05) is 23.4 Å². The summed E-state index contributed by atoms with van der Waals surface area (Å²) in [6.45, 7) is 0. The SMILES string of the molecule is CSc1nc(Cl)cc(Sc2nncn2C)n1. The summed E-state index contributed by atoms with van der Waals surface area (Å²) in [6.07, 6.45) is 3.54. The van der Waals surface area contributed by atoms with Gasteiger partial charge >= 0.3 is 0 Å². The van der Waals surface area contributed by atoms with E-state index in [0.717, 1.165) is 10.2 Å². The number of hydrogen-bond acceptors (Lipinski definition) is 6. The molecule has 5 nitrogen and oxygen atoms in total. The summed E-state index contributed by atoms with van der Waals surface area (Å²) in [4.78, 5) is 8.38. The van der Waals surface area contributed by atoms with E-state index < -0.39 is 0 Å². The second-order valence-corrected chi connectivity index (χ2v) is 4.99. The molecule has 84 valence electrons. The zero-order chi connectivity index (χ0) is 11.5. The Labute approximate surface area is 106 Å². The predicted molar refractivity (Wildman–Crippen MR) is 63.9 cm³/mol. The number of aromatic nitrogens is 5. The van der Waals surface area contributed by atoms with Crippen LogP contribution in [0.25, 0.3) is 0 Å². The van der Waals surface area contributed by atoms with Crippen LogP contribution in [-0.4, -0.2) is 31.0 Å². The van der Waals surface area contributed by atoms with Crippen molar-refractivity contribution in [1.29, 1.82) is 0 Å². The van der Waals surface area contributed by atoms with E-state index in [1.807, 2.05) is 17.9 Å². The average Bonchev–Trinajstić information content (AvgIpc) is 2.63. The molecule has 2 aromatic rings. The van der Waals surface area contributed by atoms with Crippen LogP contribution >= 0.6 is 35.1 Å². The van der Waals surface area contributed by atoms with Gasteiger partial charge in [0.15, 0.2) is 10.3 Å². The molecule has 0 aromatic carbocycles. The van der Waals surface area contributed by atoms with Crippen LogP contribution in [0.2, 0.25) is 5.15 Å². The number of rotatable bonds is 3. The zero-order valence-corrected chi connectivity index (χ0v) is 11.0. The molecule has 0 bridgehead atoms. The first-order valence-electron chi connectivity index (χ1n) is 4.29. The van der Waals surface area contributed by atoms with Crippen molar-refractivity contribution in [2.24, 2.45) is 7.05 Å². The molecular formula is C8H8ClN5S2. The number of hydrogen-bond donors (Lipinski definition) is 0. The third kappa shape index (κ3) is 2.66. The van der Waals surface area contributed by atoms with Gasteiger partial charge in [0, 0.05) is 13.1 Å². The third-order valence-corrected chi connectivity index (χ3v) is 3.41. The fourth-order valence-electron chi connectivity index (χ4n) is 0.979. The first-order valence-corrected chi connectivity index (χ1v) is 6.71. The summed E-state index contributed by atoms with van der Waals surface area (Å²) in [6, 6.07) is 1.71. The van der Waals surface area contributed by atoms with Crippen molar-refractivity contribution in [3.05, 3.63) is 17.5 Å². The predicted octanol–water partition coefficient (Wildman–Crippen LogP) is 2.13. The molecule has 0 radical (unpaired) electrons. The summed E-state index contributed by atoms with van der Waals surface area (Å²) in [5, 5.41) is 10.4. The monoisotopic (exact) mass is 273 g/mol. The third-order valence-electron chi connectivity index (χ3n) is 1.70. The molecule has 0 fully saturated rings. The lowest BCUT2D eigenvalue weighted by molar-refractivity contribution is 0.784. The van der Waals surface area contributed by atoms with Gasteiger partial charge in [-0.3, -0.25) is 0 Å². The van der Waals surface area contributed by atoms with Crippen LogP contribution in [0.15, 0.2) is 27.7 Å². The van der Waals surface area contributed by atoms with E-state index in [4.69, 9.17) is 11.6 Å². The normalized spacial score (nSPS) is 10.7. The lowest BCUT2D eigenvalue weighted by atomic mass is 10.7. The van der Waals surface area contributed by atoms with E-state index in [0.29, 0.717) is 10.3 Å². The molecule has 0 amide bonds. The number of nitrogens with zero attached hydrogens (tertiary/aromatic N) is 5. The highest BCUT2D eigenvalue weighted by atomic mass is 35.5.